The number of benzene rings is 2. The first kappa shape index (κ1) is 17.7. The number of carbonyl (C=O) groups is 2. The molecule has 0 radical (unpaired) electrons. The van der Waals surface area contributed by atoms with Gasteiger partial charge in [-0.15, -0.1) is 0 Å². The van der Waals surface area contributed by atoms with E-state index in [0.717, 1.165) is 16.7 Å². The number of carbonyl (C=O) groups excluding carboxylic acids is 2. The van der Waals surface area contributed by atoms with Crippen molar-refractivity contribution in [3.05, 3.63) is 63.7 Å². The zero-order valence-corrected chi connectivity index (χ0v) is 16.0. The average Bonchev–Trinajstić information content (AvgIpc) is 2.66. The number of piperazine rings is 1. The summed E-state index contributed by atoms with van der Waals surface area (Å²) in [5, 5.41) is 2.72. The van der Waals surface area contributed by atoms with E-state index in [9.17, 15) is 9.59 Å². The minimum absolute atomic E-state index is 0.0355. The van der Waals surface area contributed by atoms with Gasteiger partial charge in [0.2, 0.25) is 5.91 Å². The largest absolute Gasteiger partial charge is 0.368 e. The highest BCUT2D eigenvalue weighted by molar-refractivity contribution is 14.1. The number of hydrogen-bond acceptors (Lipinski definition) is 3. The lowest BCUT2D eigenvalue weighted by Gasteiger charge is -2.36. The molecule has 2 aromatic rings. The highest BCUT2D eigenvalue weighted by atomic mass is 127. The third kappa shape index (κ3) is 4.72. The van der Waals surface area contributed by atoms with Gasteiger partial charge in [0.15, 0.2) is 0 Å². The summed E-state index contributed by atoms with van der Waals surface area (Å²) in [7, 11) is 0. The Hall–Kier alpha value is -2.09. The van der Waals surface area contributed by atoms with E-state index in [0.29, 0.717) is 18.7 Å². The van der Waals surface area contributed by atoms with E-state index in [1.807, 2.05) is 35.2 Å². The van der Waals surface area contributed by atoms with Crippen molar-refractivity contribution in [2.45, 2.75) is 0 Å². The van der Waals surface area contributed by atoms with Crippen molar-refractivity contribution in [3.63, 3.8) is 0 Å². The maximum atomic E-state index is 12.3. The molecule has 2 aromatic carbocycles. The summed E-state index contributed by atoms with van der Waals surface area (Å²) in [6.45, 7) is 3.00. The number of anilines is 1. The van der Waals surface area contributed by atoms with Gasteiger partial charge in [-0.1, -0.05) is 24.3 Å². The molecule has 2 amide bonds. The number of hydrogen-bond donors (Lipinski definition) is 1. The van der Waals surface area contributed by atoms with Gasteiger partial charge in [-0.05, 0) is 52.9 Å². The first-order valence-electron chi connectivity index (χ1n) is 8.25. The Morgan fingerprint density at radius 3 is 2.36 bits per heavy atom. The maximum Gasteiger partial charge on any atom is 0.251 e. The van der Waals surface area contributed by atoms with Gasteiger partial charge in [0.1, 0.15) is 0 Å². The topological polar surface area (TPSA) is 52.7 Å². The lowest BCUT2D eigenvalue weighted by Crippen LogP contribution is -2.51. The van der Waals surface area contributed by atoms with E-state index < -0.39 is 0 Å². The summed E-state index contributed by atoms with van der Waals surface area (Å²) >= 11 is 2.16. The molecule has 0 saturated carbocycles. The van der Waals surface area contributed by atoms with E-state index in [2.05, 4.69) is 44.9 Å². The fourth-order valence-electron chi connectivity index (χ4n) is 2.85. The third-order valence-corrected chi connectivity index (χ3v) is 4.91. The molecule has 0 spiro atoms. The monoisotopic (exact) mass is 449 g/mol. The van der Waals surface area contributed by atoms with Crippen LogP contribution in [0.1, 0.15) is 10.4 Å². The SMILES string of the molecule is O=C(NCC(=O)N1CCN(c2ccccc2)CC1)c1cccc(I)c1. The lowest BCUT2D eigenvalue weighted by atomic mass is 10.2. The Balaban J connectivity index is 1.47. The molecule has 0 atom stereocenters. The molecule has 1 heterocycles. The molecule has 1 N–H and O–H groups in total. The zero-order chi connectivity index (χ0) is 17.6. The Labute approximate surface area is 161 Å². The van der Waals surface area contributed by atoms with E-state index in [4.69, 9.17) is 0 Å². The summed E-state index contributed by atoms with van der Waals surface area (Å²) < 4.78 is 0.994. The van der Waals surface area contributed by atoms with Gasteiger partial charge >= 0.3 is 0 Å². The quantitative estimate of drug-likeness (QED) is 0.730. The summed E-state index contributed by atoms with van der Waals surface area (Å²) in [6, 6.07) is 17.5. The molecule has 1 fully saturated rings. The minimum Gasteiger partial charge on any atom is -0.368 e. The molecule has 1 aliphatic rings. The van der Waals surface area contributed by atoms with Crippen molar-refractivity contribution in [2.24, 2.45) is 0 Å². The average molecular weight is 449 g/mol. The van der Waals surface area contributed by atoms with Crippen LogP contribution in [0.15, 0.2) is 54.6 Å². The van der Waals surface area contributed by atoms with Crippen molar-refractivity contribution in [2.75, 3.05) is 37.6 Å². The van der Waals surface area contributed by atoms with Gasteiger partial charge in [-0.3, -0.25) is 9.59 Å². The molecule has 1 aliphatic heterocycles. The highest BCUT2D eigenvalue weighted by Gasteiger charge is 2.21. The summed E-state index contributed by atoms with van der Waals surface area (Å²) in [6.07, 6.45) is 0. The smallest absolute Gasteiger partial charge is 0.251 e. The van der Waals surface area contributed by atoms with Crippen LogP contribution >= 0.6 is 22.6 Å². The zero-order valence-electron chi connectivity index (χ0n) is 13.8. The number of amides is 2. The number of halogens is 1. The van der Waals surface area contributed by atoms with Crippen LogP contribution < -0.4 is 10.2 Å². The molecule has 5 nitrogen and oxygen atoms in total. The van der Waals surface area contributed by atoms with Crippen LogP contribution in [-0.2, 0) is 4.79 Å². The Bertz CT molecular complexity index is 743. The molecule has 6 heteroatoms. The van der Waals surface area contributed by atoms with Gasteiger partial charge in [0, 0.05) is 41.0 Å². The second-order valence-electron chi connectivity index (χ2n) is 5.90. The fraction of sp³-hybridized carbons (Fsp3) is 0.263. The van der Waals surface area contributed by atoms with Crippen molar-refractivity contribution in [3.8, 4) is 0 Å². The van der Waals surface area contributed by atoms with Crippen LogP contribution in [0.3, 0.4) is 0 Å². The predicted molar refractivity (Wildman–Crippen MR) is 107 cm³/mol. The van der Waals surface area contributed by atoms with Gasteiger partial charge in [-0.25, -0.2) is 0 Å². The van der Waals surface area contributed by atoms with Gasteiger partial charge in [0.25, 0.3) is 5.91 Å². The van der Waals surface area contributed by atoms with Crippen molar-refractivity contribution >= 4 is 40.1 Å². The van der Waals surface area contributed by atoms with Gasteiger partial charge < -0.3 is 15.1 Å². The fourth-order valence-corrected chi connectivity index (χ4v) is 3.40. The molecule has 130 valence electrons. The molecule has 25 heavy (non-hydrogen) atoms. The molecule has 0 aliphatic carbocycles. The van der Waals surface area contributed by atoms with E-state index >= 15 is 0 Å². The number of nitrogens with zero attached hydrogens (tertiary/aromatic N) is 2. The van der Waals surface area contributed by atoms with Crippen molar-refractivity contribution < 1.29 is 9.59 Å². The highest BCUT2D eigenvalue weighted by Crippen LogP contribution is 2.15. The molecule has 0 aromatic heterocycles. The van der Waals surface area contributed by atoms with Gasteiger partial charge in [-0.2, -0.15) is 0 Å². The van der Waals surface area contributed by atoms with E-state index in [-0.39, 0.29) is 18.4 Å². The Kier molecular flexibility index (Phi) is 5.91. The van der Waals surface area contributed by atoms with Crippen LogP contribution in [0.5, 0.6) is 0 Å². The number of nitrogens with one attached hydrogen (secondary N) is 1. The van der Waals surface area contributed by atoms with Crippen LogP contribution in [0, 0.1) is 3.57 Å². The number of rotatable bonds is 4. The second-order valence-corrected chi connectivity index (χ2v) is 7.14. The normalized spacial score (nSPS) is 14.3. The number of para-hydroxylation sites is 1. The minimum atomic E-state index is -0.213. The van der Waals surface area contributed by atoms with Gasteiger partial charge in [0.05, 0.1) is 6.54 Å². The summed E-state index contributed by atoms with van der Waals surface area (Å²) in [5.41, 5.74) is 1.76. The van der Waals surface area contributed by atoms with Crippen LogP contribution in [0.25, 0.3) is 0 Å². The van der Waals surface area contributed by atoms with Crippen molar-refractivity contribution in [1.82, 2.24) is 10.2 Å². The Morgan fingerprint density at radius 1 is 0.960 bits per heavy atom. The Morgan fingerprint density at radius 2 is 1.68 bits per heavy atom. The van der Waals surface area contributed by atoms with Crippen LogP contribution in [-0.4, -0.2) is 49.4 Å². The third-order valence-electron chi connectivity index (χ3n) is 4.24. The first-order chi connectivity index (χ1) is 12.1. The molecular weight excluding hydrogens is 429 g/mol. The molecule has 0 bridgehead atoms. The first-order valence-corrected chi connectivity index (χ1v) is 9.33. The molecule has 3 rings (SSSR count). The summed E-state index contributed by atoms with van der Waals surface area (Å²) in [5.74, 6) is -0.249. The standard InChI is InChI=1S/C19H20IN3O2/c20-16-6-4-5-15(13-16)19(25)21-14-18(24)23-11-9-22(10-12-23)17-7-2-1-3-8-17/h1-8,13H,9-12,14H2,(H,21,25). The lowest BCUT2D eigenvalue weighted by molar-refractivity contribution is -0.130. The molecule has 0 unspecified atom stereocenters. The van der Waals surface area contributed by atoms with Crippen LogP contribution in [0.4, 0.5) is 5.69 Å². The summed E-state index contributed by atoms with van der Waals surface area (Å²) in [4.78, 5) is 28.5. The second kappa shape index (κ2) is 8.33. The van der Waals surface area contributed by atoms with E-state index in [1.165, 1.54) is 5.69 Å². The van der Waals surface area contributed by atoms with Crippen molar-refractivity contribution in [1.29, 1.82) is 0 Å². The molecule has 1 saturated heterocycles. The predicted octanol–water partition coefficient (Wildman–Crippen LogP) is 2.37. The van der Waals surface area contributed by atoms with Crippen LogP contribution in [0.2, 0.25) is 0 Å². The van der Waals surface area contributed by atoms with E-state index in [1.54, 1.807) is 12.1 Å². The maximum absolute atomic E-state index is 12.3. The molecular formula is C19H20IN3O2.